The number of rotatable bonds is 4. The van der Waals surface area contributed by atoms with Gasteiger partial charge in [0, 0.05) is 5.38 Å². The van der Waals surface area contributed by atoms with E-state index in [0.717, 1.165) is 11.3 Å². The van der Waals surface area contributed by atoms with Crippen molar-refractivity contribution >= 4 is 28.1 Å². The number of esters is 1. The Labute approximate surface area is 88.5 Å². The van der Waals surface area contributed by atoms with Gasteiger partial charge in [0.2, 0.25) is 5.71 Å². The van der Waals surface area contributed by atoms with Crippen LogP contribution < -0.4 is 5.73 Å². The number of carbonyl (C=O) groups is 1. The van der Waals surface area contributed by atoms with Gasteiger partial charge < -0.3 is 15.3 Å². The Morgan fingerprint density at radius 2 is 2.53 bits per heavy atom. The molecule has 0 aliphatic carbocycles. The van der Waals surface area contributed by atoms with Crippen LogP contribution in [0.3, 0.4) is 0 Å². The Bertz CT molecular complexity index is 379. The number of carbonyl (C=O) groups excluding carboxylic acids is 1. The highest BCUT2D eigenvalue weighted by Gasteiger charge is 2.18. The molecular formula is C7H8FN3O3S. The van der Waals surface area contributed by atoms with Gasteiger partial charge in [0.15, 0.2) is 5.13 Å². The van der Waals surface area contributed by atoms with Crippen molar-refractivity contribution in [3.8, 4) is 0 Å². The molecule has 8 heteroatoms. The fraction of sp³-hybridized carbons (Fsp3) is 0.286. The van der Waals surface area contributed by atoms with Crippen molar-refractivity contribution in [1.82, 2.24) is 4.98 Å². The molecule has 0 saturated heterocycles. The van der Waals surface area contributed by atoms with E-state index in [1.165, 1.54) is 12.5 Å². The van der Waals surface area contributed by atoms with E-state index >= 15 is 0 Å². The lowest BCUT2D eigenvalue weighted by Crippen LogP contribution is -2.18. The fourth-order valence-corrected chi connectivity index (χ4v) is 1.32. The molecule has 0 atom stereocenters. The molecule has 0 fully saturated rings. The number of alkyl halides is 1. The number of thiazole rings is 1. The maximum Gasteiger partial charge on any atom is 0.362 e. The van der Waals surface area contributed by atoms with Gasteiger partial charge in [-0.25, -0.2) is 14.2 Å². The van der Waals surface area contributed by atoms with Gasteiger partial charge in [-0.15, -0.1) is 11.3 Å². The molecule has 1 aromatic rings. The molecule has 0 spiro atoms. The molecule has 0 aliphatic heterocycles. The molecule has 0 amide bonds. The number of oxime groups is 1. The van der Waals surface area contributed by atoms with Crippen LogP contribution in [0.25, 0.3) is 0 Å². The van der Waals surface area contributed by atoms with E-state index in [1.54, 1.807) is 0 Å². The molecule has 0 bridgehead atoms. The minimum absolute atomic E-state index is 0.192. The van der Waals surface area contributed by atoms with Crippen LogP contribution in [0.4, 0.5) is 9.52 Å². The Balaban J connectivity index is 2.95. The summed E-state index contributed by atoms with van der Waals surface area (Å²) < 4.78 is 16.1. The second-order valence-corrected chi connectivity index (χ2v) is 3.13. The lowest BCUT2D eigenvalue weighted by molar-refractivity contribution is -0.132. The molecular weight excluding hydrogens is 225 g/mol. The topological polar surface area (TPSA) is 86.8 Å². The SMILES string of the molecule is COC(=O)/C(=N/OCF)c1csc(N)n1. The Kier molecular flexibility index (Phi) is 3.98. The smallest absolute Gasteiger partial charge is 0.362 e. The monoisotopic (exact) mass is 233 g/mol. The molecule has 15 heavy (non-hydrogen) atoms. The predicted octanol–water partition coefficient (Wildman–Crippen LogP) is 0.546. The summed E-state index contributed by atoms with van der Waals surface area (Å²) >= 11 is 1.12. The van der Waals surface area contributed by atoms with E-state index in [9.17, 15) is 9.18 Å². The summed E-state index contributed by atoms with van der Waals surface area (Å²) in [4.78, 5) is 19.1. The summed E-state index contributed by atoms with van der Waals surface area (Å²) in [6, 6.07) is 0. The third kappa shape index (κ3) is 2.88. The largest absolute Gasteiger partial charge is 0.464 e. The summed E-state index contributed by atoms with van der Waals surface area (Å²) in [5, 5.41) is 5.01. The zero-order chi connectivity index (χ0) is 11.3. The van der Waals surface area contributed by atoms with E-state index < -0.39 is 12.8 Å². The average Bonchev–Trinajstić information content (AvgIpc) is 2.65. The molecule has 2 N–H and O–H groups in total. The van der Waals surface area contributed by atoms with Crippen LogP contribution in [0, 0.1) is 0 Å². The van der Waals surface area contributed by atoms with Crippen LogP contribution in [0.5, 0.6) is 0 Å². The van der Waals surface area contributed by atoms with Crippen LogP contribution in [0.1, 0.15) is 5.69 Å². The first-order valence-corrected chi connectivity index (χ1v) is 4.62. The van der Waals surface area contributed by atoms with Crippen LogP contribution >= 0.6 is 11.3 Å². The highest BCUT2D eigenvalue weighted by molar-refractivity contribution is 7.13. The zero-order valence-corrected chi connectivity index (χ0v) is 8.58. The third-order valence-electron chi connectivity index (χ3n) is 1.35. The number of anilines is 1. The number of hydrogen-bond donors (Lipinski definition) is 1. The standard InChI is InChI=1S/C7H8FN3O3S/c1-13-6(12)5(11-14-3-8)4-2-15-7(9)10-4/h2H,3H2,1H3,(H2,9,10)/b11-5+. The molecule has 0 aromatic carbocycles. The number of nitrogen functional groups attached to an aromatic ring is 1. The van der Waals surface area contributed by atoms with Gasteiger partial charge in [0.1, 0.15) is 5.69 Å². The maximum absolute atomic E-state index is 11.7. The van der Waals surface area contributed by atoms with Gasteiger partial charge in [0.05, 0.1) is 7.11 Å². The zero-order valence-electron chi connectivity index (χ0n) is 7.77. The Hall–Kier alpha value is -1.70. The summed E-state index contributed by atoms with van der Waals surface area (Å²) in [5.41, 5.74) is 5.35. The van der Waals surface area contributed by atoms with Gasteiger partial charge in [-0.2, -0.15) is 0 Å². The van der Waals surface area contributed by atoms with Crippen LogP contribution in [-0.2, 0) is 14.4 Å². The minimum Gasteiger partial charge on any atom is -0.464 e. The number of aromatic nitrogens is 1. The first-order chi connectivity index (χ1) is 7.19. The van der Waals surface area contributed by atoms with Crippen molar-refractivity contribution < 1.29 is 18.8 Å². The minimum atomic E-state index is -1.14. The molecule has 0 unspecified atom stereocenters. The van der Waals surface area contributed by atoms with Crippen molar-refractivity contribution in [2.45, 2.75) is 0 Å². The quantitative estimate of drug-likeness (QED) is 0.466. The molecule has 0 saturated carbocycles. The maximum atomic E-state index is 11.7. The Morgan fingerprint density at radius 3 is 3.00 bits per heavy atom. The van der Waals surface area contributed by atoms with Crippen molar-refractivity contribution in [2.24, 2.45) is 5.16 Å². The highest BCUT2D eigenvalue weighted by Crippen LogP contribution is 2.12. The van der Waals surface area contributed by atoms with Gasteiger partial charge in [-0.05, 0) is 0 Å². The van der Waals surface area contributed by atoms with Gasteiger partial charge in [0.25, 0.3) is 6.86 Å². The summed E-state index contributed by atoms with van der Waals surface area (Å²) in [7, 11) is 1.17. The fourth-order valence-electron chi connectivity index (χ4n) is 0.771. The summed E-state index contributed by atoms with van der Waals surface area (Å²) in [6.45, 7) is -1.14. The van der Waals surface area contributed by atoms with E-state index in [4.69, 9.17) is 5.73 Å². The van der Waals surface area contributed by atoms with Gasteiger partial charge in [-0.1, -0.05) is 5.16 Å². The predicted molar refractivity (Wildman–Crippen MR) is 52.1 cm³/mol. The van der Waals surface area contributed by atoms with Gasteiger partial charge in [-0.3, -0.25) is 0 Å². The summed E-state index contributed by atoms with van der Waals surface area (Å²) in [6.07, 6.45) is 0. The van der Waals surface area contributed by atoms with Crippen LogP contribution in [0.2, 0.25) is 0 Å². The number of halogens is 1. The average molecular weight is 233 g/mol. The number of nitrogens with two attached hydrogens (primary N) is 1. The van der Waals surface area contributed by atoms with Crippen LogP contribution in [0.15, 0.2) is 10.5 Å². The van der Waals surface area contributed by atoms with Crippen LogP contribution in [-0.4, -0.2) is 30.6 Å². The Morgan fingerprint density at radius 1 is 1.80 bits per heavy atom. The molecule has 0 radical (unpaired) electrons. The molecule has 1 rings (SSSR count). The molecule has 1 aromatic heterocycles. The second kappa shape index (κ2) is 5.25. The van der Waals surface area contributed by atoms with Gasteiger partial charge >= 0.3 is 5.97 Å². The van der Waals surface area contributed by atoms with Crippen molar-refractivity contribution in [3.63, 3.8) is 0 Å². The second-order valence-electron chi connectivity index (χ2n) is 2.24. The number of nitrogens with zero attached hydrogens (tertiary/aromatic N) is 2. The number of hydrogen-bond acceptors (Lipinski definition) is 7. The van der Waals surface area contributed by atoms with Crippen molar-refractivity contribution in [2.75, 3.05) is 19.7 Å². The lowest BCUT2D eigenvalue weighted by atomic mass is 10.3. The van der Waals surface area contributed by atoms with E-state index in [2.05, 4.69) is 19.7 Å². The first-order valence-electron chi connectivity index (χ1n) is 3.74. The van der Waals surface area contributed by atoms with E-state index in [0.29, 0.717) is 0 Å². The normalized spacial score (nSPS) is 11.2. The molecule has 6 nitrogen and oxygen atoms in total. The lowest BCUT2D eigenvalue weighted by Gasteiger charge is -1.99. The first kappa shape index (κ1) is 11.4. The highest BCUT2D eigenvalue weighted by atomic mass is 32.1. The molecule has 0 aliphatic rings. The molecule has 82 valence electrons. The number of methoxy groups -OCH3 is 1. The van der Waals surface area contributed by atoms with Crippen molar-refractivity contribution in [1.29, 1.82) is 0 Å². The molecule has 1 heterocycles. The van der Waals surface area contributed by atoms with E-state index in [-0.39, 0.29) is 16.5 Å². The third-order valence-corrected chi connectivity index (χ3v) is 2.02. The number of ether oxygens (including phenoxy) is 1. The van der Waals surface area contributed by atoms with Crippen molar-refractivity contribution in [3.05, 3.63) is 11.1 Å². The summed E-state index contributed by atoms with van der Waals surface area (Å²) in [5.74, 6) is -0.770. The van der Waals surface area contributed by atoms with E-state index in [1.807, 2.05) is 0 Å².